The second-order valence-corrected chi connectivity index (χ2v) is 6.22. The number of aryl methyl sites for hydroxylation is 1. The van der Waals surface area contributed by atoms with Crippen molar-refractivity contribution in [2.75, 3.05) is 10.5 Å². The molecule has 0 radical (unpaired) electrons. The number of thioether (sulfide) groups is 1. The van der Waals surface area contributed by atoms with Crippen LogP contribution in [0.2, 0.25) is 5.02 Å². The maximum Gasteiger partial charge on any atom is 0.303 e. The largest absolute Gasteiger partial charge is 0.322 e. The molecule has 20 heavy (non-hydrogen) atoms. The Morgan fingerprint density at radius 3 is 2.95 bits per heavy atom. The third kappa shape index (κ3) is 4.19. The molecule has 0 spiro atoms. The Bertz CT molecular complexity index is 575. The van der Waals surface area contributed by atoms with Crippen LogP contribution in [-0.2, 0) is 11.2 Å². The Kier molecular flexibility index (Phi) is 5.39. The van der Waals surface area contributed by atoms with E-state index in [2.05, 4.69) is 10.0 Å². The smallest absolute Gasteiger partial charge is 0.303 e. The summed E-state index contributed by atoms with van der Waals surface area (Å²) in [6.45, 7) is 2.02. The highest BCUT2D eigenvalue weighted by Gasteiger charge is 2.15. The fraction of sp³-hybridized carbons (Fsp3) is 0.231. The summed E-state index contributed by atoms with van der Waals surface area (Å²) in [6.07, 6.45) is 2.28. The molecule has 1 aliphatic heterocycles. The van der Waals surface area contributed by atoms with Crippen molar-refractivity contribution in [2.45, 2.75) is 13.3 Å². The Morgan fingerprint density at radius 2 is 2.30 bits per heavy atom. The van der Waals surface area contributed by atoms with Gasteiger partial charge in [0, 0.05) is 40.2 Å². The lowest BCUT2D eigenvalue weighted by molar-refractivity contribution is -0.106. The SMILES string of the molecule is CCc1cc(NSC(=O)NC2=CC(=O)SC2)ccc1Cl. The first-order chi connectivity index (χ1) is 9.58. The van der Waals surface area contributed by atoms with Gasteiger partial charge in [-0.3, -0.25) is 9.59 Å². The molecule has 1 aromatic rings. The molecule has 1 amide bonds. The van der Waals surface area contributed by atoms with E-state index in [1.165, 1.54) is 17.8 Å². The van der Waals surface area contributed by atoms with E-state index in [9.17, 15) is 9.59 Å². The monoisotopic (exact) mass is 328 g/mol. The average Bonchev–Trinajstić information content (AvgIpc) is 2.83. The molecule has 2 rings (SSSR count). The molecule has 0 fully saturated rings. The van der Waals surface area contributed by atoms with Gasteiger partial charge in [-0.15, -0.1) is 0 Å². The zero-order chi connectivity index (χ0) is 14.5. The highest BCUT2D eigenvalue weighted by atomic mass is 35.5. The molecule has 1 aromatic carbocycles. The van der Waals surface area contributed by atoms with Gasteiger partial charge in [-0.25, -0.2) is 0 Å². The van der Waals surface area contributed by atoms with Crippen LogP contribution in [0.15, 0.2) is 30.0 Å². The summed E-state index contributed by atoms with van der Waals surface area (Å²) in [6, 6.07) is 5.53. The third-order valence-electron chi connectivity index (χ3n) is 2.61. The lowest BCUT2D eigenvalue weighted by Gasteiger charge is -2.08. The van der Waals surface area contributed by atoms with Crippen molar-refractivity contribution in [1.29, 1.82) is 0 Å². The summed E-state index contributed by atoms with van der Waals surface area (Å²) in [4.78, 5) is 22.7. The molecule has 0 bridgehead atoms. The minimum atomic E-state index is -0.250. The minimum absolute atomic E-state index is 0.0245. The van der Waals surface area contributed by atoms with E-state index < -0.39 is 0 Å². The van der Waals surface area contributed by atoms with Crippen LogP contribution in [0.4, 0.5) is 10.5 Å². The lowest BCUT2D eigenvalue weighted by atomic mass is 10.1. The molecule has 2 N–H and O–H groups in total. The zero-order valence-electron chi connectivity index (χ0n) is 10.7. The number of hydrogen-bond donors (Lipinski definition) is 2. The quantitative estimate of drug-likeness (QED) is 0.823. The van der Waals surface area contributed by atoms with Crippen LogP contribution >= 0.6 is 35.3 Å². The van der Waals surface area contributed by atoms with Gasteiger partial charge in [0.1, 0.15) is 0 Å². The van der Waals surface area contributed by atoms with Crippen molar-refractivity contribution < 1.29 is 9.59 Å². The van der Waals surface area contributed by atoms with Crippen LogP contribution in [0.1, 0.15) is 12.5 Å². The molecule has 0 aromatic heterocycles. The maximum absolute atomic E-state index is 11.7. The Hall–Kier alpha value is -1.11. The predicted octanol–water partition coefficient (Wildman–Crippen LogP) is 3.83. The van der Waals surface area contributed by atoms with Gasteiger partial charge in [-0.05, 0) is 30.2 Å². The van der Waals surface area contributed by atoms with Gasteiger partial charge < -0.3 is 10.0 Å². The van der Waals surface area contributed by atoms with Crippen LogP contribution in [-0.4, -0.2) is 16.1 Å². The van der Waals surface area contributed by atoms with E-state index in [1.807, 2.05) is 19.1 Å². The molecule has 0 saturated heterocycles. The van der Waals surface area contributed by atoms with Crippen molar-refractivity contribution in [3.63, 3.8) is 0 Å². The molecular weight excluding hydrogens is 316 g/mol. The fourth-order valence-electron chi connectivity index (χ4n) is 1.62. The van der Waals surface area contributed by atoms with Crippen molar-refractivity contribution in [2.24, 2.45) is 0 Å². The van der Waals surface area contributed by atoms with Gasteiger partial charge in [0.05, 0.1) is 0 Å². The highest BCUT2D eigenvalue weighted by Crippen LogP contribution is 2.23. The molecule has 0 atom stereocenters. The van der Waals surface area contributed by atoms with Crippen LogP contribution in [0, 0.1) is 0 Å². The molecule has 0 unspecified atom stereocenters. The van der Waals surface area contributed by atoms with E-state index in [0.717, 1.165) is 34.6 Å². The van der Waals surface area contributed by atoms with Crippen molar-refractivity contribution in [3.05, 3.63) is 40.6 Å². The first kappa shape index (κ1) is 15.3. The fourth-order valence-corrected chi connectivity index (χ4v) is 3.07. The summed E-state index contributed by atoms with van der Waals surface area (Å²) in [7, 11) is 0. The molecule has 7 heteroatoms. The number of anilines is 1. The van der Waals surface area contributed by atoms with Crippen LogP contribution in [0.25, 0.3) is 0 Å². The number of hydrogen-bond acceptors (Lipinski definition) is 5. The van der Waals surface area contributed by atoms with E-state index in [-0.39, 0.29) is 10.4 Å². The second kappa shape index (κ2) is 7.06. The number of benzene rings is 1. The Labute approximate surface area is 130 Å². The molecule has 0 aliphatic carbocycles. The van der Waals surface area contributed by atoms with Crippen LogP contribution < -0.4 is 10.0 Å². The van der Waals surface area contributed by atoms with Gasteiger partial charge in [0.25, 0.3) is 0 Å². The van der Waals surface area contributed by atoms with Gasteiger partial charge in [0.2, 0.25) is 5.12 Å². The Morgan fingerprint density at radius 1 is 1.50 bits per heavy atom. The average molecular weight is 329 g/mol. The van der Waals surface area contributed by atoms with Gasteiger partial charge >= 0.3 is 5.24 Å². The Balaban J connectivity index is 1.87. The van der Waals surface area contributed by atoms with E-state index in [4.69, 9.17) is 11.6 Å². The molecule has 1 heterocycles. The van der Waals surface area contributed by atoms with Crippen molar-refractivity contribution in [1.82, 2.24) is 5.32 Å². The first-order valence-electron chi connectivity index (χ1n) is 5.98. The number of rotatable bonds is 4. The van der Waals surface area contributed by atoms with E-state index >= 15 is 0 Å². The number of halogens is 1. The van der Waals surface area contributed by atoms with Gasteiger partial charge in [0.15, 0.2) is 0 Å². The topological polar surface area (TPSA) is 58.2 Å². The summed E-state index contributed by atoms with van der Waals surface area (Å²) in [5.74, 6) is 0.520. The molecular formula is C13H13ClN2O2S2. The number of carbonyl (C=O) groups is 2. The number of nitrogens with one attached hydrogen (secondary N) is 2. The predicted molar refractivity (Wildman–Crippen MR) is 86.1 cm³/mol. The normalized spacial score (nSPS) is 14.1. The highest BCUT2D eigenvalue weighted by molar-refractivity contribution is 8.15. The van der Waals surface area contributed by atoms with Gasteiger partial charge in [-0.1, -0.05) is 30.3 Å². The summed E-state index contributed by atoms with van der Waals surface area (Å²) in [5.41, 5.74) is 2.49. The maximum atomic E-state index is 11.7. The molecule has 4 nitrogen and oxygen atoms in total. The zero-order valence-corrected chi connectivity index (χ0v) is 13.1. The van der Waals surface area contributed by atoms with Crippen LogP contribution in [0.3, 0.4) is 0 Å². The minimum Gasteiger partial charge on any atom is -0.322 e. The molecule has 106 valence electrons. The van der Waals surface area contributed by atoms with Crippen molar-refractivity contribution in [3.8, 4) is 0 Å². The number of carbonyl (C=O) groups excluding carboxylic acids is 2. The first-order valence-corrected chi connectivity index (χ1v) is 8.16. The summed E-state index contributed by atoms with van der Waals surface area (Å²) < 4.78 is 2.96. The van der Waals surface area contributed by atoms with Gasteiger partial charge in [-0.2, -0.15) is 0 Å². The molecule has 1 aliphatic rings. The van der Waals surface area contributed by atoms with Crippen molar-refractivity contribution >= 4 is 51.4 Å². The lowest BCUT2D eigenvalue weighted by Crippen LogP contribution is -2.19. The third-order valence-corrected chi connectivity index (χ3v) is 4.46. The second-order valence-electron chi connectivity index (χ2n) is 4.05. The number of amides is 1. The van der Waals surface area contributed by atoms with E-state index in [0.29, 0.717) is 11.4 Å². The van der Waals surface area contributed by atoms with Crippen LogP contribution in [0.5, 0.6) is 0 Å². The standard InChI is InChI=1S/C13H13ClN2O2S2/c1-2-8-5-9(3-4-11(8)14)16-20-13(18)15-10-6-12(17)19-7-10/h3-6,16H,2,7H2,1H3,(H,15,18). The van der Waals surface area contributed by atoms with E-state index in [1.54, 1.807) is 6.07 Å². The summed E-state index contributed by atoms with van der Waals surface area (Å²) in [5, 5.41) is 3.12. The summed E-state index contributed by atoms with van der Waals surface area (Å²) >= 11 is 8.15. The molecule has 0 saturated carbocycles.